The third-order valence-corrected chi connectivity index (χ3v) is 1.55. The molecule has 0 radical (unpaired) electrons. The van der Waals surface area contributed by atoms with Gasteiger partial charge in [-0.05, 0) is 6.92 Å². The first-order valence-electron chi connectivity index (χ1n) is 4.29. The highest BCUT2D eigenvalue weighted by Gasteiger charge is 2.13. The molecule has 0 rings (SSSR count). The van der Waals surface area contributed by atoms with Gasteiger partial charge >= 0.3 is 0 Å². The van der Waals surface area contributed by atoms with E-state index in [1.807, 2.05) is 0 Å². The lowest BCUT2D eigenvalue weighted by Crippen LogP contribution is -2.39. The van der Waals surface area contributed by atoms with Crippen molar-refractivity contribution in [2.75, 3.05) is 26.2 Å². The Kier molecular flexibility index (Phi) is 6.09. The summed E-state index contributed by atoms with van der Waals surface area (Å²) < 4.78 is 0. The summed E-state index contributed by atoms with van der Waals surface area (Å²) in [6, 6.07) is 0. The molecule has 5 nitrogen and oxygen atoms in total. The van der Waals surface area contributed by atoms with Crippen LogP contribution < -0.4 is 11.5 Å². The molecule has 76 valence electrons. The van der Waals surface area contributed by atoms with Gasteiger partial charge in [0, 0.05) is 26.2 Å². The summed E-state index contributed by atoms with van der Waals surface area (Å²) >= 11 is 0. The van der Waals surface area contributed by atoms with Crippen LogP contribution in [0.4, 0.5) is 0 Å². The summed E-state index contributed by atoms with van der Waals surface area (Å²) in [4.78, 5) is 23.5. The number of hydrogen-bond acceptors (Lipinski definition) is 4. The van der Waals surface area contributed by atoms with Gasteiger partial charge in [0.25, 0.3) is 0 Å². The molecule has 0 aliphatic rings. The minimum absolute atomic E-state index is 0.0556. The van der Waals surface area contributed by atoms with Crippen molar-refractivity contribution in [3.8, 4) is 0 Å². The molecule has 13 heavy (non-hydrogen) atoms. The van der Waals surface area contributed by atoms with E-state index < -0.39 is 0 Å². The fraction of sp³-hybridized carbons (Fsp3) is 0.750. The largest absolute Gasteiger partial charge is 0.340 e. The number of nitrogens with zero attached hydrogens (tertiary/aromatic N) is 1. The fourth-order valence-electron chi connectivity index (χ4n) is 0.998. The second kappa shape index (κ2) is 6.56. The first kappa shape index (κ1) is 12.1. The number of Topliss-reactive ketones (excluding diaryl/α,β-unsaturated/α-hetero) is 1. The molecule has 0 saturated heterocycles. The van der Waals surface area contributed by atoms with E-state index in [-0.39, 0.29) is 18.1 Å². The van der Waals surface area contributed by atoms with E-state index in [4.69, 9.17) is 11.5 Å². The highest BCUT2D eigenvalue weighted by atomic mass is 16.2. The second-order valence-corrected chi connectivity index (χ2v) is 2.84. The van der Waals surface area contributed by atoms with E-state index in [0.717, 1.165) is 0 Å². The summed E-state index contributed by atoms with van der Waals surface area (Å²) in [6.45, 7) is 3.10. The summed E-state index contributed by atoms with van der Waals surface area (Å²) in [7, 11) is 0. The number of carbonyl (C=O) groups is 2. The van der Waals surface area contributed by atoms with Crippen LogP contribution in [-0.4, -0.2) is 42.8 Å². The Morgan fingerprint density at radius 1 is 1.15 bits per heavy atom. The van der Waals surface area contributed by atoms with Crippen LogP contribution in [0.5, 0.6) is 0 Å². The fourth-order valence-corrected chi connectivity index (χ4v) is 0.998. The van der Waals surface area contributed by atoms with E-state index >= 15 is 0 Å². The zero-order chi connectivity index (χ0) is 10.3. The van der Waals surface area contributed by atoms with Gasteiger partial charge in [-0.2, -0.15) is 0 Å². The van der Waals surface area contributed by atoms with Crippen molar-refractivity contribution >= 4 is 11.7 Å². The summed E-state index contributed by atoms with van der Waals surface area (Å²) in [6.07, 6.45) is -0.0556. The Bertz CT molecular complexity index is 176. The molecule has 5 heteroatoms. The molecule has 0 fully saturated rings. The lowest BCUT2D eigenvalue weighted by atomic mass is 10.2. The smallest absolute Gasteiger partial charge is 0.230 e. The molecule has 0 bridgehead atoms. The van der Waals surface area contributed by atoms with Gasteiger partial charge in [0.15, 0.2) is 0 Å². The maximum Gasteiger partial charge on any atom is 0.230 e. The Morgan fingerprint density at radius 3 is 1.92 bits per heavy atom. The van der Waals surface area contributed by atoms with Crippen LogP contribution in [0.25, 0.3) is 0 Å². The summed E-state index contributed by atoms with van der Waals surface area (Å²) in [5.74, 6) is -0.326. The Morgan fingerprint density at radius 2 is 1.62 bits per heavy atom. The second-order valence-electron chi connectivity index (χ2n) is 2.84. The molecule has 0 spiro atoms. The van der Waals surface area contributed by atoms with Gasteiger partial charge in [-0.25, -0.2) is 0 Å². The van der Waals surface area contributed by atoms with Gasteiger partial charge < -0.3 is 16.4 Å². The van der Waals surface area contributed by atoms with Crippen LogP contribution >= 0.6 is 0 Å². The van der Waals surface area contributed by atoms with Gasteiger partial charge in [0.1, 0.15) is 5.78 Å². The molecule has 0 aliphatic carbocycles. The standard InChI is InChI=1S/C8H17N3O2/c1-7(12)6-8(13)11(4-2-9)5-3-10/h2-6,9-10H2,1H3. The Balaban J connectivity index is 4.02. The molecular formula is C8H17N3O2. The number of carbonyl (C=O) groups excluding carboxylic acids is 2. The van der Waals surface area contributed by atoms with Crippen molar-refractivity contribution in [3.05, 3.63) is 0 Å². The van der Waals surface area contributed by atoms with Crippen LogP contribution in [0.3, 0.4) is 0 Å². The molecule has 1 amide bonds. The van der Waals surface area contributed by atoms with Crippen molar-refractivity contribution < 1.29 is 9.59 Å². The third kappa shape index (κ3) is 5.32. The number of nitrogens with two attached hydrogens (primary N) is 2. The monoisotopic (exact) mass is 187 g/mol. The maximum atomic E-state index is 11.3. The number of hydrogen-bond donors (Lipinski definition) is 2. The highest BCUT2D eigenvalue weighted by Crippen LogP contribution is 1.93. The topological polar surface area (TPSA) is 89.4 Å². The molecule has 0 aromatic heterocycles. The van der Waals surface area contributed by atoms with E-state index in [1.54, 1.807) is 0 Å². The Hall–Kier alpha value is -0.940. The normalized spacial score (nSPS) is 9.77. The minimum Gasteiger partial charge on any atom is -0.340 e. The SMILES string of the molecule is CC(=O)CC(=O)N(CCN)CCN. The van der Waals surface area contributed by atoms with Crippen LogP contribution in [0.15, 0.2) is 0 Å². The van der Waals surface area contributed by atoms with E-state index in [2.05, 4.69) is 0 Å². The summed E-state index contributed by atoms with van der Waals surface area (Å²) in [5.41, 5.74) is 10.6. The van der Waals surface area contributed by atoms with Gasteiger partial charge in [-0.15, -0.1) is 0 Å². The van der Waals surface area contributed by atoms with Crippen molar-refractivity contribution in [3.63, 3.8) is 0 Å². The van der Waals surface area contributed by atoms with Crippen LogP contribution in [0.2, 0.25) is 0 Å². The molecule has 0 unspecified atom stereocenters. The Labute approximate surface area is 78.1 Å². The maximum absolute atomic E-state index is 11.3. The van der Waals surface area contributed by atoms with Gasteiger partial charge in [-0.3, -0.25) is 9.59 Å². The summed E-state index contributed by atoms with van der Waals surface area (Å²) in [5, 5.41) is 0. The number of amides is 1. The van der Waals surface area contributed by atoms with E-state index in [1.165, 1.54) is 11.8 Å². The van der Waals surface area contributed by atoms with E-state index in [9.17, 15) is 9.59 Å². The van der Waals surface area contributed by atoms with Crippen molar-refractivity contribution in [1.29, 1.82) is 0 Å². The molecule has 4 N–H and O–H groups in total. The predicted octanol–water partition coefficient (Wildman–Crippen LogP) is -1.29. The highest BCUT2D eigenvalue weighted by molar-refractivity contribution is 5.96. The van der Waals surface area contributed by atoms with Crippen LogP contribution in [0.1, 0.15) is 13.3 Å². The molecule has 0 heterocycles. The lowest BCUT2D eigenvalue weighted by Gasteiger charge is -2.20. The first-order valence-corrected chi connectivity index (χ1v) is 4.29. The zero-order valence-electron chi connectivity index (χ0n) is 7.95. The van der Waals surface area contributed by atoms with Crippen molar-refractivity contribution in [1.82, 2.24) is 4.90 Å². The van der Waals surface area contributed by atoms with Gasteiger partial charge in [-0.1, -0.05) is 0 Å². The van der Waals surface area contributed by atoms with Crippen molar-refractivity contribution in [2.24, 2.45) is 11.5 Å². The quantitative estimate of drug-likeness (QED) is 0.506. The average molecular weight is 187 g/mol. The molecule has 0 saturated carbocycles. The van der Waals surface area contributed by atoms with Crippen LogP contribution in [-0.2, 0) is 9.59 Å². The zero-order valence-corrected chi connectivity index (χ0v) is 7.95. The van der Waals surface area contributed by atoms with Gasteiger partial charge in [0.2, 0.25) is 5.91 Å². The third-order valence-electron chi connectivity index (χ3n) is 1.55. The van der Waals surface area contributed by atoms with E-state index in [0.29, 0.717) is 26.2 Å². The number of rotatable bonds is 6. The lowest BCUT2D eigenvalue weighted by molar-refractivity contribution is -0.134. The molecule has 0 aromatic carbocycles. The molecule has 0 aromatic rings. The van der Waals surface area contributed by atoms with Crippen molar-refractivity contribution in [2.45, 2.75) is 13.3 Å². The average Bonchev–Trinajstić information content (AvgIpc) is 2.02. The van der Waals surface area contributed by atoms with Gasteiger partial charge in [0.05, 0.1) is 6.42 Å². The molecular weight excluding hydrogens is 170 g/mol. The molecule has 0 aliphatic heterocycles. The predicted molar refractivity (Wildman–Crippen MR) is 50.0 cm³/mol. The minimum atomic E-state index is -0.191. The van der Waals surface area contributed by atoms with Crippen LogP contribution in [0, 0.1) is 0 Å². The number of ketones is 1. The molecule has 0 atom stereocenters. The first-order chi connectivity index (χ1) is 6.11.